The first-order valence-corrected chi connectivity index (χ1v) is 6.04. The van der Waals surface area contributed by atoms with Gasteiger partial charge >= 0.3 is 11.9 Å². The molecule has 0 amide bonds. The molecule has 0 aliphatic heterocycles. The SMILES string of the molecule is COC(=O)c1cc[n+]([O-])cc1.COC(=O)c1ccncc1.OO. The Balaban J connectivity index is 0.000000381. The molecule has 0 radical (unpaired) electrons. The first kappa shape index (κ1) is 20.0. The molecule has 0 spiro atoms. The van der Waals surface area contributed by atoms with E-state index < -0.39 is 5.97 Å². The molecule has 0 unspecified atom stereocenters. The third-order valence-corrected chi connectivity index (χ3v) is 2.32. The molecule has 0 aromatic carbocycles. The molecule has 23 heavy (non-hydrogen) atoms. The van der Waals surface area contributed by atoms with Crippen LogP contribution < -0.4 is 4.73 Å². The average molecular weight is 324 g/mol. The monoisotopic (exact) mass is 324 g/mol. The van der Waals surface area contributed by atoms with Crippen LogP contribution in [-0.2, 0) is 9.47 Å². The van der Waals surface area contributed by atoms with E-state index in [-0.39, 0.29) is 5.97 Å². The van der Waals surface area contributed by atoms with E-state index in [2.05, 4.69) is 14.5 Å². The second-order valence-electron chi connectivity index (χ2n) is 3.67. The fourth-order valence-electron chi connectivity index (χ4n) is 1.27. The Morgan fingerprint density at radius 3 is 1.74 bits per heavy atom. The molecule has 9 nitrogen and oxygen atoms in total. The largest absolute Gasteiger partial charge is 0.619 e. The molecule has 2 aromatic rings. The molecule has 2 aromatic heterocycles. The fraction of sp³-hybridized carbons (Fsp3) is 0.143. The van der Waals surface area contributed by atoms with Gasteiger partial charge in [-0.2, -0.15) is 4.73 Å². The van der Waals surface area contributed by atoms with Crippen molar-refractivity contribution in [3.05, 3.63) is 65.4 Å². The van der Waals surface area contributed by atoms with Crippen molar-refractivity contribution in [1.82, 2.24) is 4.98 Å². The standard InChI is InChI=1S/C7H7NO3.C7H7NO2.H2O2/c1-11-7(9)6-2-4-8(10)5-3-6;1-10-7(9)6-2-4-8-5-3-6;1-2/h2-5H,1H3;2-5H,1H3;1-2H. The van der Waals surface area contributed by atoms with Gasteiger partial charge in [-0.05, 0) is 12.1 Å². The quantitative estimate of drug-likeness (QED) is 0.275. The molecule has 0 aliphatic rings. The number of pyridine rings is 2. The molecule has 0 aliphatic carbocycles. The molecule has 0 fully saturated rings. The van der Waals surface area contributed by atoms with Crippen molar-refractivity contribution >= 4 is 11.9 Å². The molecule has 2 rings (SSSR count). The Labute approximate surface area is 131 Å². The Kier molecular flexibility index (Phi) is 10.1. The number of carbonyl (C=O) groups is 2. The molecule has 124 valence electrons. The summed E-state index contributed by atoms with van der Waals surface area (Å²) >= 11 is 0. The van der Waals surface area contributed by atoms with Crippen molar-refractivity contribution < 1.29 is 34.3 Å². The van der Waals surface area contributed by atoms with E-state index in [9.17, 15) is 14.8 Å². The Hall–Kier alpha value is -3.04. The summed E-state index contributed by atoms with van der Waals surface area (Å²) < 4.78 is 9.50. The summed E-state index contributed by atoms with van der Waals surface area (Å²) in [4.78, 5) is 25.3. The van der Waals surface area contributed by atoms with Gasteiger partial charge in [0, 0.05) is 24.5 Å². The maximum absolute atomic E-state index is 10.8. The van der Waals surface area contributed by atoms with Gasteiger partial charge < -0.3 is 14.7 Å². The molecule has 9 heteroatoms. The van der Waals surface area contributed by atoms with Gasteiger partial charge in [0.1, 0.15) is 0 Å². The first-order chi connectivity index (χ1) is 11.1. The van der Waals surface area contributed by atoms with Gasteiger partial charge in [-0.1, -0.05) is 0 Å². The number of aromatic nitrogens is 2. The van der Waals surface area contributed by atoms with Crippen LogP contribution in [0.3, 0.4) is 0 Å². The van der Waals surface area contributed by atoms with E-state index >= 15 is 0 Å². The summed E-state index contributed by atoms with van der Waals surface area (Å²) in [5, 5.41) is 22.5. The Bertz CT molecular complexity index is 588. The minimum absolute atomic E-state index is 0.331. The lowest BCUT2D eigenvalue weighted by Gasteiger charge is -1.97. The summed E-state index contributed by atoms with van der Waals surface area (Å²) in [6.45, 7) is 0. The van der Waals surface area contributed by atoms with E-state index in [4.69, 9.17) is 10.5 Å². The normalized spacial score (nSPS) is 8.52. The molecular weight excluding hydrogens is 308 g/mol. The van der Waals surface area contributed by atoms with Gasteiger partial charge in [0.2, 0.25) is 0 Å². The van der Waals surface area contributed by atoms with Crippen LogP contribution in [0.2, 0.25) is 0 Å². The van der Waals surface area contributed by atoms with Crippen LogP contribution in [0.4, 0.5) is 0 Å². The van der Waals surface area contributed by atoms with Crippen LogP contribution in [0.5, 0.6) is 0 Å². The first-order valence-electron chi connectivity index (χ1n) is 6.04. The van der Waals surface area contributed by atoms with Crippen LogP contribution in [0.15, 0.2) is 49.1 Å². The second-order valence-corrected chi connectivity index (χ2v) is 3.67. The molecular formula is C14H16N2O7. The van der Waals surface area contributed by atoms with Gasteiger partial charge in [-0.3, -0.25) is 15.5 Å². The summed E-state index contributed by atoms with van der Waals surface area (Å²) in [5.74, 6) is -0.770. The predicted molar refractivity (Wildman–Crippen MR) is 77.6 cm³/mol. The van der Waals surface area contributed by atoms with Gasteiger partial charge in [-0.15, -0.1) is 0 Å². The van der Waals surface area contributed by atoms with Crippen molar-refractivity contribution in [1.29, 1.82) is 0 Å². The number of hydrogen-bond donors (Lipinski definition) is 2. The Morgan fingerprint density at radius 2 is 1.35 bits per heavy atom. The fourth-order valence-corrected chi connectivity index (χ4v) is 1.27. The van der Waals surface area contributed by atoms with Gasteiger partial charge in [0.15, 0.2) is 12.4 Å². The molecule has 0 saturated carbocycles. The minimum Gasteiger partial charge on any atom is -0.619 e. The van der Waals surface area contributed by atoms with E-state index in [1.165, 1.54) is 38.7 Å². The number of hydrogen-bond acceptors (Lipinski definition) is 8. The average Bonchev–Trinajstić information content (AvgIpc) is 2.64. The van der Waals surface area contributed by atoms with E-state index in [0.29, 0.717) is 15.9 Å². The highest BCUT2D eigenvalue weighted by atomic mass is 17.0. The maximum atomic E-state index is 10.8. The molecule has 0 bridgehead atoms. The zero-order chi connectivity index (χ0) is 17.7. The zero-order valence-corrected chi connectivity index (χ0v) is 12.4. The number of esters is 2. The van der Waals surface area contributed by atoms with E-state index in [1.807, 2.05) is 0 Å². The highest BCUT2D eigenvalue weighted by molar-refractivity contribution is 5.89. The Morgan fingerprint density at radius 1 is 0.957 bits per heavy atom. The number of carbonyl (C=O) groups excluding carboxylic acids is 2. The van der Waals surface area contributed by atoms with Crippen LogP contribution in [0.25, 0.3) is 0 Å². The summed E-state index contributed by atoms with van der Waals surface area (Å²) in [6.07, 6.45) is 5.58. The van der Waals surface area contributed by atoms with Crippen LogP contribution >= 0.6 is 0 Å². The lowest BCUT2D eigenvalue weighted by Crippen LogP contribution is -2.24. The van der Waals surface area contributed by atoms with E-state index in [0.717, 1.165) is 0 Å². The maximum Gasteiger partial charge on any atom is 0.338 e. The van der Waals surface area contributed by atoms with Crippen LogP contribution in [0.1, 0.15) is 20.7 Å². The third-order valence-electron chi connectivity index (χ3n) is 2.32. The van der Waals surface area contributed by atoms with Crippen LogP contribution in [-0.4, -0.2) is 41.7 Å². The highest BCUT2D eigenvalue weighted by Gasteiger charge is 2.04. The van der Waals surface area contributed by atoms with Gasteiger partial charge in [0.25, 0.3) is 0 Å². The van der Waals surface area contributed by atoms with Gasteiger partial charge in [-0.25, -0.2) is 9.59 Å². The van der Waals surface area contributed by atoms with Crippen LogP contribution in [0, 0.1) is 5.21 Å². The predicted octanol–water partition coefficient (Wildman–Crippen LogP) is 0.992. The number of nitrogens with zero attached hydrogens (tertiary/aromatic N) is 2. The molecule has 0 saturated heterocycles. The summed E-state index contributed by atoms with van der Waals surface area (Å²) in [6, 6.07) is 6.01. The smallest absolute Gasteiger partial charge is 0.338 e. The zero-order valence-electron chi connectivity index (χ0n) is 12.4. The van der Waals surface area contributed by atoms with Crippen molar-refractivity contribution in [3.63, 3.8) is 0 Å². The highest BCUT2D eigenvalue weighted by Crippen LogP contribution is 1.97. The molecule has 2 N–H and O–H groups in total. The number of rotatable bonds is 2. The summed E-state index contributed by atoms with van der Waals surface area (Å²) in [7, 11) is 2.64. The topological polar surface area (TPSA) is 133 Å². The van der Waals surface area contributed by atoms with Crippen molar-refractivity contribution in [2.45, 2.75) is 0 Å². The lowest BCUT2D eigenvalue weighted by molar-refractivity contribution is -0.605. The summed E-state index contributed by atoms with van der Waals surface area (Å²) in [5.41, 5.74) is 0.900. The van der Waals surface area contributed by atoms with Gasteiger partial charge in [0.05, 0.1) is 25.3 Å². The van der Waals surface area contributed by atoms with E-state index in [1.54, 1.807) is 24.5 Å². The third kappa shape index (κ3) is 7.50. The second kappa shape index (κ2) is 11.6. The molecule has 2 heterocycles. The van der Waals surface area contributed by atoms with Crippen molar-refractivity contribution in [3.8, 4) is 0 Å². The van der Waals surface area contributed by atoms with Crippen molar-refractivity contribution in [2.75, 3.05) is 14.2 Å². The minimum atomic E-state index is -0.439. The lowest BCUT2D eigenvalue weighted by atomic mass is 10.3. The molecule has 0 atom stereocenters. The number of ether oxygens (including phenoxy) is 2. The number of methoxy groups -OCH3 is 2. The van der Waals surface area contributed by atoms with Crippen molar-refractivity contribution in [2.24, 2.45) is 0 Å².